The van der Waals surface area contributed by atoms with Crippen molar-refractivity contribution in [2.45, 2.75) is 38.7 Å². The van der Waals surface area contributed by atoms with Crippen molar-refractivity contribution in [1.29, 1.82) is 0 Å². The highest BCUT2D eigenvalue weighted by Gasteiger charge is 2.26. The molecule has 1 unspecified atom stereocenters. The summed E-state index contributed by atoms with van der Waals surface area (Å²) < 4.78 is 0. The molecule has 1 N–H and O–H groups in total. The minimum Gasteiger partial charge on any atom is -0.382 e. The molecule has 4 heteroatoms. The first kappa shape index (κ1) is 12.5. The Morgan fingerprint density at radius 2 is 2.12 bits per heavy atom. The molecule has 1 saturated heterocycles. The molecule has 0 saturated carbocycles. The van der Waals surface area contributed by atoms with Crippen LogP contribution in [0, 0.1) is 6.92 Å². The van der Waals surface area contributed by atoms with Crippen LogP contribution >= 0.6 is 0 Å². The molecule has 17 heavy (non-hydrogen) atoms. The van der Waals surface area contributed by atoms with Gasteiger partial charge in [-0.05, 0) is 46.9 Å². The van der Waals surface area contributed by atoms with Crippen LogP contribution in [0.3, 0.4) is 0 Å². The molecule has 2 rings (SSSR count). The second-order valence-electron chi connectivity index (χ2n) is 5.56. The molecule has 0 aliphatic carbocycles. The van der Waals surface area contributed by atoms with E-state index in [2.05, 4.69) is 21.9 Å². The van der Waals surface area contributed by atoms with Crippen LogP contribution < -0.4 is 0 Å². The Morgan fingerprint density at radius 1 is 1.41 bits per heavy atom. The third-order valence-electron chi connectivity index (χ3n) is 3.23. The van der Waals surface area contributed by atoms with E-state index in [9.17, 15) is 5.11 Å². The van der Waals surface area contributed by atoms with E-state index in [1.165, 1.54) is 0 Å². The second-order valence-corrected chi connectivity index (χ2v) is 5.56. The molecule has 0 amide bonds. The van der Waals surface area contributed by atoms with E-state index in [4.69, 9.17) is 0 Å². The lowest BCUT2D eigenvalue weighted by Crippen LogP contribution is -2.22. The Bertz CT molecular complexity index is 412. The topological polar surface area (TPSA) is 49.2 Å². The van der Waals surface area contributed by atoms with Crippen molar-refractivity contribution in [3.05, 3.63) is 23.3 Å². The minimum atomic E-state index is -0.967. The van der Waals surface area contributed by atoms with Gasteiger partial charge >= 0.3 is 0 Å². The van der Waals surface area contributed by atoms with Gasteiger partial charge in [0.1, 0.15) is 5.60 Å². The first-order valence-corrected chi connectivity index (χ1v) is 6.13. The average molecular weight is 235 g/mol. The van der Waals surface area contributed by atoms with E-state index in [1.54, 1.807) is 13.8 Å². The van der Waals surface area contributed by atoms with Gasteiger partial charge in [-0.25, -0.2) is 9.97 Å². The third-order valence-corrected chi connectivity index (χ3v) is 3.23. The third kappa shape index (κ3) is 2.82. The number of likely N-dealkylation sites (tertiary alicyclic amines) is 1. The summed E-state index contributed by atoms with van der Waals surface area (Å²) in [5, 5.41) is 10.00. The fraction of sp³-hybridized carbons (Fsp3) is 0.692. The van der Waals surface area contributed by atoms with Crippen molar-refractivity contribution in [2.24, 2.45) is 0 Å². The molecule has 1 aromatic rings. The number of aryl methyl sites for hydroxylation is 1. The molecular weight excluding hydrogens is 214 g/mol. The summed E-state index contributed by atoms with van der Waals surface area (Å²) in [4.78, 5) is 11.2. The molecule has 0 radical (unpaired) electrons. The van der Waals surface area contributed by atoms with Crippen molar-refractivity contribution in [2.75, 3.05) is 20.1 Å². The van der Waals surface area contributed by atoms with Crippen molar-refractivity contribution in [3.63, 3.8) is 0 Å². The summed E-state index contributed by atoms with van der Waals surface area (Å²) in [6.45, 7) is 7.57. The molecule has 94 valence electrons. The van der Waals surface area contributed by atoms with Crippen LogP contribution in [0.25, 0.3) is 0 Å². The van der Waals surface area contributed by atoms with E-state index in [0.29, 0.717) is 11.7 Å². The zero-order valence-corrected chi connectivity index (χ0v) is 11.1. The van der Waals surface area contributed by atoms with Crippen molar-refractivity contribution in [3.8, 4) is 0 Å². The maximum Gasteiger partial charge on any atom is 0.159 e. The summed E-state index contributed by atoms with van der Waals surface area (Å²) in [6.07, 6.45) is 1.14. The smallest absolute Gasteiger partial charge is 0.159 e. The lowest BCUT2D eigenvalue weighted by atomic mass is 10.0. The lowest BCUT2D eigenvalue weighted by molar-refractivity contribution is 0.0681. The van der Waals surface area contributed by atoms with Gasteiger partial charge in [-0.15, -0.1) is 0 Å². The Balaban J connectivity index is 2.32. The van der Waals surface area contributed by atoms with Crippen LogP contribution in [0.15, 0.2) is 6.07 Å². The zero-order chi connectivity index (χ0) is 12.6. The largest absolute Gasteiger partial charge is 0.382 e. The second kappa shape index (κ2) is 4.35. The highest BCUT2D eigenvalue weighted by molar-refractivity contribution is 5.18. The Kier molecular flexibility index (Phi) is 3.19. The van der Waals surface area contributed by atoms with Gasteiger partial charge in [0.25, 0.3) is 0 Å². The van der Waals surface area contributed by atoms with Crippen LogP contribution in [0.5, 0.6) is 0 Å². The summed E-state index contributed by atoms with van der Waals surface area (Å²) in [5.74, 6) is 1.00. The van der Waals surface area contributed by atoms with Crippen molar-refractivity contribution in [1.82, 2.24) is 14.9 Å². The summed E-state index contributed by atoms with van der Waals surface area (Å²) in [7, 11) is 2.13. The summed E-state index contributed by atoms with van der Waals surface area (Å²) in [6, 6.07) is 2.04. The lowest BCUT2D eigenvalue weighted by Gasteiger charge is -2.18. The molecule has 1 fully saturated rings. The number of aromatic nitrogens is 2. The van der Waals surface area contributed by atoms with Gasteiger partial charge in [0.2, 0.25) is 0 Å². The Hall–Kier alpha value is -1.00. The van der Waals surface area contributed by atoms with Crippen LogP contribution in [0.4, 0.5) is 0 Å². The minimum absolute atomic E-state index is 0.475. The molecule has 1 atom stereocenters. The van der Waals surface area contributed by atoms with Gasteiger partial charge in [0.05, 0.1) is 0 Å². The van der Waals surface area contributed by atoms with Crippen LogP contribution in [0.1, 0.15) is 43.4 Å². The molecule has 0 spiro atoms. The van der Waals surface area contributed by atoms with Gasteiger partial charge < -0.3 is 10.0 Å². The quantitative estimate of drug-likeness (QED) is 0.842. The monoisotopic (exact) mass is 235 g/mol. The van der Waals surface area contributed by atoms with Gasteiger partial charge in [-0.1, -0.05) is 0 Å². The first-order chi connectivity index (χ1) is 7.86. The highest BCUT2D eigenvalue weighted by atomic mass is 16.3. The summed E-state index contributed by atoms with van der Waals surface area (Å²) >= 11 is 0. The fourth-order valence-electron chi connectivity index (χ4n) is 2.25. The molecule has 0 bridgehead atoms. The number of hydrogen-bond donors (Lipinski definition) is 1. The number of aliphatic hydroxyl groups is 1. The standard InChI is InChI=1S/C13H21N3O/c1-9-7-11(10-5-6-16(4)8-10)15-12(14-9)13(2,3)17/h7,10,17H,5-6,8H2,1-4H3. The Morgan fingerprint density at radius 3 is 2.65 bits per heavy atom. The van der Waals surface area contributed by atoms with Crippen molar-refractivity contribution >= 4 is 0 Å². The van der Waals surface area contributed by atoms with Crippen LogP contribution in [-0.2, 0) is 5.60 Å². The number of likely N-dealkylation sites (N-methyl/N-ethyl adjacent to an activating group) is 1. The average Bonchev–Trinajstić information content (AvgIpc) is 2.62. The van der Waals surface area contributed by atoms with E-state index in [-0.39, 0.29) is 0 Å². The number of rotatable bonds is 2. The van der Waals surface area contributed by atoms with Crippen LogP contribution in [0.2, 0.25) is 0 Å². The van der Waals surface area contributed by atoms with E-state index in [1.807, 2.05) is 13.0 Å². The Labute approximate surface area is 103 Å². The maximum atomic E-state index is 10.00. The first-order valence-electron chi connectivity index (χ1n) is 6.13. The maximum absolute atomic E-state index is 10.00. The molecule has 1 aromatic heterocycles. The van der Waals surface area contributed by atoms with Gasteiger partial charge in [-0.2, -0.15) is 0 Å². The zero-order valence-electron chi connectivity index (χ0n) is 11.1. The fourth-order valence-corrected chi connectivity index (χ4v) is 2.25. The normalized spacial score (nSPS) is 22.1. The predicted octanol–water partition coefficient (Wildman–Crippen LogP) is 1.43. The number of hydrogen-bond acceptors (Lipinski definition) is 4. The van der Waals surface area contributed by atoms with E-state index in [0.717, 1.165) is 30.9 Å². The molecular formula is C13H21N3O. The van der Waals surface area contributed by atoms with E-state index < -0.39 is 5.60 Å². The molecule has 1 aliphatic rings. The SMILES string of the molecule is Cc1cc(C2CCN(C)C2)nc(C(C)(C)O)n1. The van der Waals surface area contributed by atoms with E-state index >= 15 is 0 Å². The molecule has 4 nitrogen and oxygen atoms in total. The molecule has 0 aromatic carbocycles. The highest BCUT2D eigenvalue weighted by Crippen LogP contribution is 2.26. The predicted molar refractivity (Wildman–Crippen MR) is 66.9 cm³/mol. The van der Waals surface area contributed by atoms with Gasteiger partial charge in [-0.3, -0.25) is 0 Å². The van der Waals surface area contributed by atoms with Crippen molar-refractivity contribution < 1.29 is 5.11 Å². The van der Waals surface area contributed by atoms with Gasteiger partial charge in [0, 0.05) is 23.9 Å². The molecule has 2 heterocycles. The van der Waals surface area contributed by atoms with Gasteiger partial charge in [0.15, 0.2) is 5.82 Å². The number of nitrogens with zero attached hydrogens (tertiary/aromatic N) is 3. The molecule has 1 aliphatic heterocycles. The summed E-state index contributed by atoms with van der Waals surface area (Å²) in [5.41, 5.74) is 1.03. The van der Waals surface area contributed by atoms with Crippen LogP contribution in [-0.4, -0.2) is 40.1 Å².